The molecular formula is C24H22F5N7O3S. The summed E-state index contributed by atoms with van der Waals surface area (Å²) >= 11 is 1.32. The number of aromatic nitrogens is 4. The Morgan fingerprint density at radius 2 is 2.10 bits per heavy atom. The zero-order valence-electron chi connectivity index (χ0n) is 21.0. The first-order valence-corrected chi connectivity index (χ1v) is 12.6. The van der Waals surface area contributed by atoms with Crippen molar-refractivity contribution in [3.05, 3.63) is 53.0 Å². The molecule has 1 aromatic carbocycles. The second-order valence-corrected chi connectivity index (χ2v) is 9.65. The standard InChI is InChI=1S/C24H22F5N7O3S/c1-4-16(37)35-10-40-17(7-11(35)9-39-3)36-22(31-2)18(21(30)38)14(34-36)6-5-12-13(25)8-15-20(19(12)26)33-23(32-15)24(27,28)29/h4,8,11,17,31H,1,7,9-10H2,2-3H3,(H2,30,38)(H,32,33)/t11-,17-/m1/s1. The maximum atomic E-state index is 15.0. The SMILES string of the molecule is C=CC(=O)N1CS[C@@H](n2nc(C#Cc3c(F)cc4[nH]c(C(F)(F)F)nc4c3F)c(C(N)=O)c2NC)C[C@@H]1COC. The van der Waals surface area contributed by atoms with Gasteiger partial charge in [-0.05, 0) is 12.0 Å². The van der Waals surface area contributed by atoms with Crippen LogP contribution in [0.25, 0.3) is 11.0 Å². The Kier molecular flexibility index (Phi) is 8.08. The molecule has 212 valence electrons. The van der Waals surface area contributed by atoms with Crippen molar-refractivity contribution < 1.29 is 36.3 Å². The fourth-order valence-electron chi connectivity index (χ4n) is 4.24. The van der Waals surface area contributed by atoms with Crippen LogP contribution < -0.4 is 11.1 Å². The van der Waals surface area contributed by atoms with Gasteiger partial charge in [-0.15, -0.1) is 11.8 Å². The topological polar surface area (TPSA) is 131 Å². The zero-order chi connectivity index (χ0) is 29.4. The van der Waals surface area contributed by atoms with E-state index in [1.54, 1.807) is 4.90 Å². The highest BCUT2D eigenvalue weighted by Gasteiger charge is 2.36. The van der Waals surface area contributed by atoms with Gasteiger partial charge in [-0.2, -0.15) is 18.3 Å². The van der Waals surface area contributed by atoms with Gasteiger partial charge in [0.2, 0.25) is 11.7 Å². The summed E-state index contributed by atoms with van der Waals surface area (Å²) in [4.78, 5) is 31.2. The molecule has 1 aliphatic rings. The minimum absolute atomic E-state index is 0.162. The number of halogens is 5. The van der Waals surface area contributed by atoms with Crippen LogP contribution in [0.3, 0.4) is 0 Å². The predicted octanol–water partition coefficient (Wildman–Crippen LogP) is 3.22. The lowest BCUT2D eigenvalue weighted by Crippen LogP contribution is -2.46. The number of carbonyl (C=O) groups excluding carboxylic acids is 2. The molecule has 0 bridgehead atoms. The average Bonchev–Trinajstić information content (AvgIpc) is 3.50. The van der Waals surface area contributed by atoms with Crippen LogP contribution >= 0.6 is 11.8 Å². The number of nitrogens with zero attached hydrogens (tertiary/aromatic N) is 4. The number of nitrogens with two attached hydrogens (primary N) is 1. The molecule has 4 N–H and O–H groups in total. The van der Waals surface area contributed by atoms with E-state index < -0.39 is 51.5 Å². The molecule has 1 aliphatic heterocycles. The summed E-state index contributed by atoms with van der Waals surface area (Å²) in [6, 6.07) is 0.287. The van der Waals surface area contributed by atoms with E-state index in [4.69, 9.17) is 10.5 Å². The van der Waals surface area contributed by atoms with Gasteiger partial charge >= 0.3 is 6.18 Å². The predicted molar refractivity (Wildman–Crippen MR) is 136 cm³/mol. The highest BCUT2D eigenvalue weighted by Crippen LogP contribution is 2.39. The van der Waals surface area contributed by atoms with Crippen molar-refractivity contribution in [1.29, 1.82) is 0 Å². The molecule has 0 unspecified atom stereocenters. The maximum Gasteiger partial charge on any atom is 0.449 e. The number of hydrogen-bond donors (Lipinski definition) is 3. The van der Waals surface area contributed by atoms with Crippen molar-refractivity contribution >= 4 is 40.4 Å². The largest absolute Gasteiger partial charge is 0.449 e. The first-order valence-electron chi connectivity index (χ1n) is 11.5. The number of imidazole rings is 1. The van der Waals surface area contributed by atoms with Gasteiger partial charge in [0.15, 0.2) is 11.5 Å². The van der Waals surface area contributed by atoms with Crippen molar-refractivity contribution in [3.8, 4) is 11.8 Å². The number of rotatable bonds is 6. The van der Waals surface area contributed by atoms with E-state index >= 15 is 4.39 Å². The van der Waals surface area contributed by atoms with E-state index in [0.717, 1.165) is 0 Å². The van der Waals surface area contributed by atoms with Crippen molar-refractivity contribution in [2.75, 3.05) is 32.0 Å². The Hall–Kier alpha value is -4.10. The minimum atomic E-state index is -4.91. The number of methoxy groups -OCH3 is 1. The summed E-state index contributed by atoms with van der Waals surface area (Å²) in [7, 11) is 3.00. The van der Waals surface area contributed by atoms with E-state index in [0.29, 0.717) is 12.5 Å². The van der Waals surface area contributed by atoms with Gasteiger partial charge < -0.3 is 25.7 Å². The van der Waals surface area contributed by atoms with Crippen LogP contribution in [-0.2, 0) is 15.7 Å². The van der Waals surface area contributed by atoms with Crippen LogP contribution in [0.15, 0.2) is 18.7 Å². The lowest BCUT2D eigenvalue weighted by molar-refractivity contribution is -0.144. The number of hydrogen-bond acceptors (Lipinski definition) is 7. The molecule has 3 aromatic rings. The molecule has 10 nitrogen and oxygen atoms in total. The summed E-state index contributed by atoms with van der Waals surface area (Å²) in [6.45, 7) is 3.73. The van der Waals surface area contributed by atoms with Gasteiger partial charge in [0.1, 0.15) is 28.1 Å². The molecule has 1 saturated heterocycles. The normalized spacial score (nSPS) is 17.4. The number of H-pyrrole nitrogens is 1. The second kappa shape index (κ2) is 11.2. The molecule has 0 radical (unpaired) electrons. The Morgan fingerprint density at radius 1 is 1.38 bits per heavy atom. The number of thioether (sulfide) groups is 1. The number of nitrogens with one attached hydrogen (secondary N) is 2. The highest BCUT2D eigenvalue weighted by molar-refractivity contribution is 7.99. The van der Waals surface area contributed by atoms with Crippen LogP contribution in [0, 0.1) is 23.5 Å². The van der Waals surface area contributed by atoms with Crippen molar-refractivity contribution in [2.24, 2.45) is 5.73 Å². The molecule has 2 atom stereocenters. The molecule has 4 rings (SSSR count). The van der Waals surface area contributed by atoms with Crippen LogP contribution in [-0.4, -0.2) is 69.1 Å². The van der Waals surface area contributed by atoms with Crippen molar-refractivity contribution in [3.63, 3.8) is 0 Å². The van der Waals surface area contributed by atoms with Gasteiger partial charge in [-0.3, -0.25) is 9.59 Å². The van der Waals surface area contributed by atoms with Crippen LogP contribution in [0.1, 0.15) is 39.2 Å². The van der Waals surface area contributed by atoms with Crippen LogP contribution in [0.4, 0.5) is 27.8 Å². The summed E-state index contributed by atoms with van der Waals surface area (Å²) in [5.74, 6) is -0.309. The van der Waals surface area contributed by atoms with E-state index in [-0.39, 0.29) is 41.5 Å². The quantitative estimate of drug-likeness (QED) is 0.231. The molecule has 1 fully saturated rings. The number of alkyl halides is 3. The fourth-order valence-corrected chi connectivity index (χ4v) is 5.56. The molecule has 3 heterocycles. The number of amides is 2. The van der Waals surface area contributed by atoms with Gasteiger partial charge in [0, 0.05) is 26.6 Å². The number of benzene rings is 1. The Morgan fingerprint density at radius 3 is 2.70 bits per heavy atom. The van der Waals surface area contributed by atoms with E-state index in [1.165, 1.54) is 36.7 Å². The van der Waals surface area contributed by atoms with Gasteiger partial charge in [0.25, 0.3) is 5.91 Å². The smallest absolute Gasteiger partial charge is 0.383 e. The van der Waals surface area contributed by atoms with E-state index in [1.807, 2.05) is 4.98 Å². The number of ether oxygens (including phenoxy) is 1. The molecule has 0 saturated carbocycles. The number of carbonyl (C=O) groups is 2. The summed E-state index contributed by atoms with van der Waals surface area (Å²) in [5.41, 5.74) is 3.07. The molecule has 16 heteroatoms. The monoisotopic (exact) mass is 583 g/mol. The lowest BCUT2D eigenvalue weighted by atomic mass is 10.1. The van der Waals surface area contributed by atoms with Crippen molar-refractivity contribution in [2.45, 2.75) is 24.0 Å². The Bertz CT molecular complexity index is 1560. The van der Waals surface area contributed by atoms with Crippen LogP contribution in [0.2, 0.25) is 0 Å². The summed E-state index contributed by atoms with van der Waals surface area (Å²) in [5, 5.41) is 6.77. The summed E-state index contributed by atoms with van der Waals surface area (Å²) in [6.07, 6.45) is -3.37. The number of aromatic amines is 1. The zero-order valence-corrected chi connectivity index (χ0v) is 21.8. The fraction of sp³-hybridized carbons (Fsp3) is 0.333. The summed E-state index contributed by atoms with van der Waals surface area (Å²) < 4.78 is 75.4. The lowest BCUT2D eigenvalue weighted by Gasteiger charge is -2.38. The van der Waals surface area contributed by atoms with Crippen LogP contribution in [0.5, 0.6) is 0 Å². The minimum Gasteiger partial charge on any atom is -0.383 e. The number of fused-ring (bicyclic) bond motifs is 1. The first-order chi connectivity index (χ1) is 18.9. The molecule has 2 aromatic heterocycles. The van der Waals surface area contributed by atoms with E-state index in [9.17, 15) is 27.2 Å². The molecule has 0 aliphatic carbocycles. The first kappa shape index (κ1) is 28.9. The van der Waals surface area contributed by atoms with Gasteiger partial charge in [-0.1, -0.05) is 12.5 Å². The molecule has 2 amide bonds. The maximum absolute atomic E-state index is 15.0. The third-order valence-electron chi connectivity index (χ3n) is 6.05. The van der Waals surface area contributed by atoms with E-state index in [2.05, 4.69) is 33.8 Å². The van der Waals surface area contributed by atoms with Crippen molar-refractivity contribution in [1.82, 2.24) is 24.6 Å². The van der Waals surface area contributed by atoms with Gasteiger partial charge in [0.05, 0.1) is 29.6 Å². The third kappa shape index (κ3) is 5.34. The highest BCUT2D eigenvalue weighted by atomic mass is 32.2. The second-order valence-electron chi connectivity index (χ2n) is 8.52. The average molecular weight is 584 g/mol. The van der Waals surface area contributed by atoms with Gasteiger partial charge in [-0.25, -0.2) is 18.4 Å². The molecule has 40 heavy (non-hydrogen) atoms. The molecule has 0 spiro atoms. The Labute approximate surface area is 228 Å². The number of anilines is 1. The number of primary amides is 1. The molecular weight excluding hydrogens is 561 g/mol. The Balaban J connectivity index is 1.76. The third-order valence-corrected chi connectivity index (χ3v) is 7.25.